The lowest BCUT2D eigenvalue weighted by Crippen LogP contribution is -2.31. The lowest BCUT2D eigenvalue weighted by atomic mass is 10.0. The first-order chi connectivity index (χ1) is 19.4. The molecular weight excluding hydrogens is 532 g/mol. The number of nitrogens with one attached hydrogen (secondary N) is 2. The van der Waals surface area contributed by atoms with E-state index >= 15 is 0 Å². The minimum atomic E-state index is -0.553. The lowest BCUT2D eigenvalue weighted by Gasteiger charge is -2.36. The number of hydrogen-bond acceptors (Lipinski definition) is 8. The zero-order valence-corrected chi connectivity index (χ0v) is 23.3. The van der Waals surface area contributed by atoms with E-state index in [1.54, 1.807) is 23.4 Å². The molecule has 1 aliphatic rings. The zero-order valence-electron chi connectivity index (χ0n) is 22.5. The minimum absolute atomic E-state index is 0.00335. The van der Waals surface area contributed by atoms with Crippen LogP contribution in [-0.2, 0) is 39.3 Å². The van der Waals surface area contributed by atoms with Crippen molar-refractivity contribution in [2.45, 2.75) is 68.9 Å². The molecule has 11 heteroatoms. The summed E-state index contributed by atoms with van der Waals surface area (Å²) in [6, 6.07) is 15.6. The molecule has 0 spiro atoms. The number of aliphatic hydroxyl groups excluding tert-OH is 1. The molecule has 40 heavy (non-hydrogen) atoms. The molecule has 2 aromatic carbocycles. The van der Waals surface area contributed by atoms with Crippen LogP contribution in [-0.4, -0.2) is 43.5 Å². The Morgan fingerprint density at radius 1 is 1.00 bits per heavy atom. The summed E-state index contributed by atoms with van der Waals surface area (Å²) in [6.07, 6.45) is 5.22. The van der Waals surface area contributed by atoms with E-state index in [1.165, 1.54) is 0 Å². The van der Waals surface area contributed by atoms with Gasteiger partial charge in [-0.1, -0.05) is 60.3 Å². The standard InChI is InChI=1S/C29H36N4O6S/c1-33-15-14-30-29(33)40-19-24-16-25(22-10-8-21(18-34)9-11-22)39-28(38-24)23-12-6-20(7-13-23)17-31-26(35)4-2-3-5-27(36)32-37/h6-15,24-25,28,34,37H,2-5,16-19H2,1H3,(H,31,35)(H,32,36). The number of nitrogens with zero attached hydrogens (tertiary/aromatic N) is 2. The number of amides is 2. The fraction of sp³-hybridized carbons (Fsp3) is 0.414. The van der Waals surface area contributed by atoms with Gasteiger partial charge in [0.15, 0.2) is 11.4 Å². The maximum atomic E-state index is 12.1. The quantitative estimate of drug-likeness (QED) is 0.105. The van der Waals surface area contributed by atoms with Gasteiger partial charge in [-0.2, -0.15) is 0 Å². The molecule has 4 rings (SSSR count). The van der Waals surface area contributed by atoms with Gasteiger partial charge >= 0.3 is 0 Å². The molecule has 0 saturated carbocycles. The van der Waals surface area contributed by atoms with Crippen LogP contribution in [0.4, 0.5) is 0 Å². The first kappa shape index (κ1) is 29.8. The molecule has 3 unspecified atom stereocenters. The number of benzene rings is 2. The maximum absolute atomic E-state index is 12.1. The van der Waals surface area contributed by atoms with E-state index in [2.05, 4.69) is 10.3 Å². The molecule has 0 aliphatic carbocycles. The molecule has 2 amide bonds. The van der Waals surface area contributed by atoms with Gasteiger partial charge in [-0.15, -0.1) is 0 Å². The van der Waals surface area contributed by atoms with E-state index in [1.807, 2.05) is 66.3 Å². The van der Waals surface area contributed by atoms with Crippen molar-refractivity contribution in [3.8, 4) is 0 Å². The predicted octanol–water partition coefficient (Wildman–Crippen LogP) is 3.93. The number of aliphatic hydroxyl groups is 1. The van der Waals surface area contributed by atoms with Crippen molar-refractivity contribution in [1.29, 1.82) is 0 Å². The summed E-state index contributed by atoms with van der Waals surface area (Å²) in [6.45, 7) is 0.391. The van der Waals surface area contributed by atoms with Crippen molar-refractivity contribution < 1.29 is 29.4 Å². The normalized spacial score (nSPS) is 18.8. The Balaban J connectivity index is 1.35. The number of carbonyl (C=O) groups excluding carboxylic acids is 2. The Bertz CT molecular complexity index is 1230. The molecule has 1 aromatic heterocycles. The second-order valence-corrected chi connectivity index (χ2v) is 10.7. The van der Waals surface area contributed by atoms with Crippen molar-refractivity contribution in [3.05, 3.63) is 83.2 Å². The van der Waals surface area contributed by atoms with Crippen LogP contribution in [0.2, 0.25) is 0 Å². The summed E-state index contributed by atoms with van der Waals surface area (Å²) in [5.74, 6) is 0.191. The Morgan fingerprint density at radius 2 is 1.68 bits per heavy atom. The van der Waals surface area contributed by atoms with Crippen LogP contribution in [0.25, 0.3) is 0 Å². The SMILES string of the molecule is Cn1ccnc1SCC1CC(c2ccc(CO)cc2)OC(c2ccc(CNC(=O)CCCCC(=O)NO)cc2)O1. The first-order valence-corrected chi connectivity index (χ1v) is 14.3. The number of carbonyl (C=O) groups is 2. The topological polar surface area (TPSA) is 135 Å². The third-order valence-electron chi connectivity index (χ3n) is 6.71. The lowest BCUT2D eigenvalue weighted by molar-refractivity contribution is -0.245. The van der Waals surface area contributed by atoms with Crippen molar-refractivity contribution in [1.82, 2.24) is 20.3 Å². The summed E-state index contributed by atoms with van der Waals surface area (Å²) in [5, 5.41) is 21.8. The molecular formula is C29H36N4O6S. The predicted molar refractivity (Wildman–Crippen MR) is 149 cm³/mol. The van der Waals surface area contributed by atoms with Crippen LogP contribution in [0.5, 0.6) is 0 Å². The van der Waals surface area contributed by atoms with Gasteiger partial charge in [-0.3, -0.25) is 14.8 Å². The second kappa shape index (κ2) is 15.0. The van der Waals surface area contributed by atoms with Gasteiger partial charge in [-0.25, -0.2) is 10.5 Å². The fourth-order valence-corrected chi connectivity index (χ4v) is 5.34. The molecule has 3 atom stereocenters. The summed E-state index contributed by atoms with van der Waals surface area (Å²) in [7, 11) is 1.97. The molecule has 1 fully saturated rings. The van der Waals surface area contributed by atoms with Gasteiger partial charge < -0.3 is 24.5 Å². The summed E-state index contributed by atoms with van der Waals surface area (Å²) < 4.78 is 14.8. The highest BCUT2D eigenvalue weighted by molar-refractivity contribution is 7.99. The number of unbranched alkanes of at least 4 members (excludes halogenated alkanes) is 1. The number of aryl methyl sites for hydroxylation is 1. The average Bonchev–Trinajstić information content (AvgIpc) is 3.41. The van der Waals surface area contributed by atoms with Gasteiger partial charge in [0, 0.05) is 56.6 Å². The van der Waals surface area contributed by atoms with E-state index in [9.17, 15) is 14.7 Å². The van der Waals surface area contributed by atoms with Gasteiger partial charge in [0.1, 0.15) is 0 Å². The Kier molecular flexibility index (Phi) is 11.1. The Hall–Kier alpha value is -3.22. The van der Waals surface area contributed by atoms with Gasteiger partial charge in [0.25, 0.3) is 0 Å². The fourth-order valence-electron chi connectivity index (χ4n) is 4.39. The number of rotatable bonds is 13. The van der Waals surface area contributed by atoms with Crippen molar-refractivity contribution in [3.63, 3.8) is 0 Å². The molecule has 1 saturated heterocycles. The second-order valence-electron chi connectivity index (χ2n) is 9.74. The monoisotopic (exact) mass is 568 g/mol. The van der Waals surface area contributed by atoms with Gasteiger partial charge in [-0.05, 0) is 29.5 Å². The van der Waals surface area contributed by atoms with Crippen molar-refractivity contribution in [2.75, 3.05) is 5.75 Å². The third kappa shape index (κ3) is 8.64. The highest BCUT2D eigenvalue weighted by Crippen LogP contribution is 2.39. The Labute approximate surface area is 238 Å². The van der Waals surface area contributed by atoms with Crippen LogP contribution in [0, 0.1) is 0 Å². The number of thioether (sulfide) groups is 1. The van der Waals surface area contributed by atoms with Gasteiger partial charge in [0.05, 0.1) is 18.8 Å². The molecule has 10 nitrogen and oxygen atoms in total. The summed E-state index contributed by atoms with van der Waals surface area (Å²) >= 11 is 1.65. The average molecular weight is 569 g/mol. The van der Waals surface area contributed by atoms with Crippen LogP contribution >= 0.6 is 11.8 Å². The minimum Gasteiger partial charge on any atom is -0.392 e. The molecule has 0 radical (unpaired) electrons. The van der Waals surface area contributed by atoms with Crippen molar-refractivity contribution in [2.24, 2.45) is 7.05 Å². The van der Waals surface area contributed by atoms with Crippen LogP contribution in [0.3, 0.4) is 0 Å². The largest absolute Gasteiger partial charge is 0.392 e. The number of imidazole rings is 1. The number of hydrogen-bond donors (Lipinski definition) is 4. The molecule has 2 heterocycles. The molecule has 214 valence electrons. The zero-order chi connectivity index (χ0) is 28.3. The van der Waals surface area contributed by atoms with Crippen LogP contribution < -0.4 is 10.8 Å². The number of hydroxylamine groups is 1. The first-order valence-electron chi connectivity index (χ1n) is 13.3. The van der Waals surface area contributed by atoms with Crippen molar-refractivity contribution >= 4 is 23.6 Å². The van der Waals surface area contributed by atoms with Gasteiger partial charge in [0.2, 0.25) is 11.8 Å². The smallest absolute Gasteiger partial charge is 0.243 e. The van der Waals surface area contributed by atoms with E-state index in [0.717, 1.165) is 33.2 Å². The van der Waals surface area contributed by atoms with E-state index in [0.29, 0.717) is 32.2 Å². The number of aromatic nitrogens is 2. The maximum Gasteiger partial charge on any atom is 0.243 e. The van der Waals surface area contributed by atoms with E-state index < -0.39 is 12.2 Å². The van der Waals surface area contributed by atoms with Crippen LogP contribution in [0.15, 0.2) is 66.1 Å². The summed E-state index contributed by atoms with van der Waals surface area (Å²) in [4.78, 5) is 27.6. The molecule has 3 aromatic rings. The van der Waals surface area contributed by atoms with E-state index in [4.69, 9.17) is 14.7 Å². The van der Waals surface area contributed by atoms with Crippen LogP contribution in [0.1, 0.15) is 66.8 Å². The van der Waals surface area contributed by atoms with E-state index in [-0.39, 0.29) is 31.1 Å². The third-order valence-corrected chi connectivity index (χ3v) is 7.90. The Morgan fingerprint density at radius 3 is 2.33 bits per heavy atom. The molecule has 4 N–H and O–H groups in total. The highest BCUT2D eigenvalue weighted by Gasteiger charge is 2.32. The highest BCUT2D eigenvalue weighted by atomic mass is 32.2. The molecule has 1 aliphatic heterocycles. The molecule has 0 bridgehead atoms. The number of ether oxygens (including phenoxy) is 2. The summed E-state index contributed by atoms with van der Waals surface area (Å²) in [5.41, 5.74) is 5.32.